The highest BCUT2D eigenvalue weighted by Gasteiger charge is 2.23. The van der Waals surface area contributed by atoms with Gasteiger partial charge in [0.05, 0.1) is 5.69 Å². The normalized spacial score (nSPS) is 12.5. The lowest BCUT2D eigenvalue weighted by Crippen LogP contribution is -2.38. The van der Waals surface area contributed by atoms with Crippen LogP contribution in [0.4, 0.5) is 17.1 Å². The number of hydrogen-bond acceptors (Lipinski definition) is 5. The molecular weight excluding hydrogens is 304 g/mol. The number of anilines is 3. The van der Waals surface area contributed by atoms with Gasteiger partial charge in [0.1, 0.15) is 17.1 Å². The van der Waals surface area contributed by atoms with E-state index in [-0.39, 0.29) is 17.5 Å². The van der Waals surface area contributed by atoms with E-state index in [1.807, 2.05) is 6.92 Å². The molecule has 24 heavy (non-hydrogen) atoms. The molecule has 0 radical (unpaired) electrons. The summed E-state index contributed by atoms with van der Waals surface area (Å²) in [6.07, 6.45) is 3.15. The van der Waals surface area contributed by atoms with Crippen molar-refractivity contribution in [3.8, 4) is 5.75 Å². The largest absolute Gasteiger partial charge is 0.505 e. The molecule has 2 rings (SSSR count). The van der Waals surface area contributed by atoms with E-state index in [0.717, 1.165) is 19.3 Å². The Labute approximate surface area is 142 Å². The minimum absolute atomic E-state index is 0.0847. The first-order valence-corrected chi connectivity index (χ1v) is 8.46. The van der Waals surface area contributed by atoms with Crippen LogP contribution in [0.15, 0.2) is 27.8 Å². The Hall–Kier alpha value is -2.30. The van der Waals surface area contributed by atoms with Gasteiger partial charge in [-0.15, -0.1) is 0 Å². The maximum atomic E-state index is 11.9. The van der Waals surface area contributed by atoms with Crippen LogP contribution in [0.3, 0.4) is 0 Å². The average molecular weight is 330 g/mol. The summed E-state index contributed by atoms with van der Waals surface area (Å²) in [6.45, 7) is 8.15. The molecule has 3 N–H and O–H groups in total. The molecule has 0 bridgehead atoms. The van der Waals surface area contributed by atoms with E-state index in [9.17, 15) is 14.7 Å². The van der Waals surface area contributed by atoms with Crippen molar-refractivity contribution >= 4 is 17.1 Å². The van der Waals surface area contributed by atoms with Gasteiger partial charge in [-0.1, -0.05) is 38.8 Å². The lowest BCUT2D eigenvalue weighted by atomic mass is 10.0. The standard InChI is InChI=1S/C19H26N2O3/c1-11(2)7-5-9-13(4)20-15-16(19(24)18(15)23)21-14-10-6-8-12(3)17(14)22/h6,8,10-11,13,20-22H,5,7,9H2,1-4H3. The highest BCUT2D eigenvalue weighted by Crippen LogP contribution is 2.31. The van der Waals surface area contributed by atoms with E-state index in [0.29, 0.717) is 22.9 Å². The van der Waals surface area contributed by atoms with Gasteiger partial charge in [0.15, 0.2) is 0 Å². The maximum absolute atomic E-state index is 11.9. The van der Waals surface area contributed by atoms with Crippen molar-refractivity contribution in [2.75, 3.05) is 10.6 Å². The molecule has 0 saturated carbocycles. The highest BCUT2D eigenvalue weighted by atomic mass is 16.3. The third-order valence-corrected chi connectivity index (χ3v) is 4.22. The monoisotopic (exact) mass is 330 g/mol. The van der Waals surface area contributed by atoms with Crippen molar-refractivity contribution in [1.29, 1.82) is 0 Å². The smallest absolute Gasteiger partial charge is 0.253 e. The SMILES string of the molecule is Cc1cccc(Nc2c(NC(C)CCCC(C)C)c(=O)c2=O)c1O. The Balaban J connectivity index is 2.08. The fourth-order valence-electron chi connectivity index (χ4n) is 2.69. The third kappa shape index (κ3) is 3.96. The minimum Gasteiger partial charge on any atom is -0.505 e. The Morgan fingerprint density at radius 2 is 1.71 bits per heavy atom. The molecule has 0 aliphatic carbocycles. The molecule has 0 aromatic heterocycles. The first kappa shape index (κ1) is 18.0. The average Bonchev–Trinajstić information content (AvgIpc) is 2.53. The van der Waals surface area contributed by atoms with E-state index in [2.05, 4.69) is 24.5 Å². The number of nitrogens with one attached hydrogen (secondary N) is 2. The summed E-state index contributed by atoms with van der Waals surface area (Å²) >= 11 is 0. The molecule has 0 aliphatic heterocycles. The van der Waals surface area contributed by atoms with Crippen molar-refractivity contribution in [3.63, 3.8) is 0 Å². The van der Waals surface area contributed by atoms with Gasteiger partial charge in [-0.3, -0.25) is 9.59 Å². The van der Waals surface area contributed by atoms with Gasteiger partial charge in [0, 0.05) is 6.04 Å². The molecule has 0 saturated heterocycles. The van der Waals surface area contributed by atoms with Crippen LogP contribution in [0, 0.1) is 12.8 Å². The molecule has 0 aliphatic rings. The van der Waals surface area contributed by atoms with Gasteiger partial charge in [0.2, 0.25) is 0 Å². The van der Waals surface area contributed by atoms with Crippen LogP contribution < -0.4 is 21.5 Å². The summed E-state index contributed by atoms with van der Waals surface area (Å²) in [4.78, 5) is 23.7. The van der Waals surface area contributed by atoms with E-state index in [1.165, 1.54) is 0 Å². The number of para-hydroxylation sites is 1. The lowest BCUT2D eigenvalue weighted by molar-refractivity contribution is 0.473. The lowest BCUT2D eigenvalue weighted by Gasteiger charge is -2.20. The number of phenols is 1. The van der Waals surface area contributed by atoms with Gasteiger partial charge >= 0.3 is 0 Å². The second-order valence-corrected chi connectivity index (χ2v) is 6.87. The molecule has 0 heterocycles. The summed E-state index contributed by atoms with van der Waals surface area (Å²) in [7, 11) is 0. The second-order valence-electron chi connectivity index (χ2n) is 6.87. The summed E-state index contributed by atoms with van der Waals surface area (Å²) in [5.41, 5.74) is 0.635. The third-order valence-electron chi connectivity index (χ3n) is 4.22. The van der Waals surface area contributed by atoms with Gasteiger partial charge in [-0.25, -0.2) is 0 Å². The van der Waals surface area contributed by atoms with Crippen molar-refractivity contribution in [3.05, 3.63) is 44.2 Å². The van der Waals surface area contributed by atoms with Crippen molar-refractivity contribution in [2.24, 2.45) is 5.92 Å². The summed E-state index contributed by atoms with van der Waals surface area (Å²) < 4.78 is 0. The number of aromatic hydroxyl groups is 1. The van der Waals surface area contributed by atoms with Gasteiger partial charge < -0.3 is 15.7 Å². The molecule has 5 heteroatoms. The zero-order valence-corrected chi connectivity index (χ0v) is 14.8. The van der Waals surface area contributed by atoms with Crippen LogP contribution in [-0.2, 0) is 0 Å². The maximum Gasteiger partial charge on any atom is 0.253 e. The molecule has 130 valence electrons. The number of phenolic OH excluding ortho intramolecular Hbond substituents is 1. The molecule has 0 spiro atoms. The predicted molar refractivity (Wildman–Crippen MR) is 99.3 cm³/mol. The van der Waals surface area contributed by atoms with E-state index >= 15 is 0 Å². The zero-order chi connectivity index (χ0) is 17.9. The number of aryl methyl sites for hydroxylation is 1. The van der Waals surface area contributed by atoms with Crippen molar-refractivity contribution < 1.29 is 5.11 Å². The first-order chi connectivity index (χ1) is 11.3. The molecule has 0 fully saturated rings. The number of benzene rings is 1. The van der Waals surface area contributed by atoms with Crippen molar-refractivity contribution in [2.45, 2.75) is 53.0 Å². The first-order valence-electron chi connectivity index (χ1n) is 8.46. The van der Waals surface area contributed by atoms with Crippen molar-refractivity contribution in [1.82, 2.24) is 0 Å². The van der Waals surface area contributed by atoms with Crippen LogP contribution in [0.5, 0.6) is 5.75 Å². The van der Waals surface area contributed by atoms with Crippen LogP contribution >= 0.6 is 0 Å². The summed E-state index contributed by atoms with van der Waals surface area (Å²) in [6, 6.07) is 5.34. The fourth-order valence-corrected chi connectivity index (χ4v) is 2.69. The predicted octanol–water partition coefficient (Wildman–Crippen LogP) is 3.67. The highest BCUT2D eigenvalue weighted by molar-refractivity contribution is 5.80. The summed E-state index contributed by atoms with van der Waals surface area (Å²) in [5.74, 6) is 0.742. The van der Waals surface area contributed by atoms with Crippen LogP contribution in [0.1, 0.15) is 45.6 Å². The molecule has 2 aromatic rings. The molecule has 1 unspecified atom stereocenters. The zero-order valence-electron chi connectivity index (χ0n) is 14.8. The topological polar surface area (TPSA) is 78.4 Å². The van der Waals surface area contributed by atoms with Crippen LogP contribution in [-0.4, -0.2) is 11.1 Å². The fraction of sp³-hybridized carbons (Fsp3) is 0.474. The Kier molecular flexibility index (Phi) is 5.65. The van der Waals surface area contributed by atoms with Gasteiger partial charge in [-0.2, -0.15) is 0 Å². The van der Waals surface area contributed by atoms with Crippen LogP contribution in [0.2, 0.25) is 0 Å². The summed E-state index contributed by atoms with van der Waals surface area (Å²) in [5, 5.41) is 16.1. The molecule has 0 amide bonds. The number of hydrogen-bond donors (Lipinski definition) is 3. The van der Waals surface area contributed by atoms with Crippen LogP contribution in [0.25, 0.3) is 0 Å². The van der Waals surface area contributed by atoms with E-state index in [4.69, 9.17) is 0 Å². The molecule has 5 nitrogen and oxygen atoms in total. The minimum atomic E-state index is -0.548. The van der Waals surface area contributed by atoms with Gasteiger partial charge in [-0.05, 0) is 37.8 Å². The molecule has 1 atom stereocenters. The molecular formula is C19H26N2O3. The van der Waals surface area contributed by atoms with E-state index in [1.54, 1.807) is 25.1 Å². The van der Waals surface area contributed by atoms with E-state index < -0.39 is 10.9 Å². The second kappa shape index (κ2) is 7.51. The molecule has 2 aromatic carbocycles. The Bertz CT molecular complexity index is 773. The van der Waals surface area contributed by atoms with Gasteiger partial charge in [0.25, 0.3) is 10.9 Å². The Morgan fingerprint density at radius 1 is 1.04 bits per heavy atom. The Morgan fingerprint density at radius 3 is 2.38 bits per heavy atom. The number of rotatable bonds is 8. The quantitative estimate of drug-likeness (QED) is 0.508.